The van der Waals surface area contributed by atoms with Crippen molar-refractivity contribution in [3.63, 3.8) is 0 Å². The van der Waals surface area contributed by atoms with Gasteiger partial charge >= 0.3 is 0 Å². The fourth-order valence-corrected chi connectivity index (χ4v) is 2.04. The second-order valence-electron chi connectivity index (χ2n) is 5.04. The number of halogens is 1. The number of benzene rings is 1. The maximum atomic E-state index is 11.6. The van der Waals surface area contributed by atoms with Crippen molar-refractivity contribution in [3.05, 3.63) is 28.8 Å². The van der Waals surface area contributed by atoms with Gasteiger partial charge in [0.1, 0.15) is 5.75 Å². The summed E-state index contributed by atoms with van der Waals surface area (Å²) >= 11 is 6.05. The molecule has 0 aromatic heterocycles. The molecule has 0 fully saturated rings. The summed E-state index contributed by atoms with van der Waals surface area (Å²) < 4.78 is 5.10. The molecule has 0 aliphatic heterocycles. The van der Waals surface area contributed by atoms with Crippen LogP contribution in [0.1, 0.15) is 19.4 Å². The van der Waals surface area contributed by atoms with Crippen molar-refractivity contribution in [2.75, 3.05) is 20.7 Å². The molecule has 0 aliphatic rings. The average Bonchev–Trinajstić information content (AvgIpc) is 2.37. The van der Waals surface area contributed by atoms with Gasteiger partial charge in [-0.25, -0.2) is 0 Å². The molecular weight excluding hydrogens is 264 g/mol. The summed E-state index contributed by atoms with van der Waals surface area (Å²) in [5.41, 5.74) is 0.615. The number of ether oxygens (including phenoxy) is 1. The normalized spacial score (nSPS) is 11.2. The Labute approximate surface area is 119 Å². The molecule has 1 aromatic carbocycles. The fraction of sp³-hybridized carbons (Fsp3) is 0.500. The molecule has 0 saturated heterocycles. The highest BCUT2D eigenvalue weighted by Crippen LogP contribution is 2.24. The van der Waals surface area contributed by atoms with Gasteiger partial charge in [0, 0.05) is 20.1 Å². The molecule has 1 amide bonds. The van der Waals surface area contributed by atoms with Crippen LogP contribution in [0.4, 0.5) is 0 Å². The van der Waals surface area contributed by atoms with Crippen LogP contribution >= 0.6 is 11.6 Å². The van der Waals surface area contributed by atoms with Crippen molar-refractivity contribution in [3.8, 4) is 5.75 Å². The molecule has 0 unspecified atom stereocenters. The average molecular weight is 285 g/mol. The lowest BCUT2D eigenvalue weighted by atomic mass is 9.92. The first kappa shape index (κ1) is 15.8. The Balaban J connectivity index is 2.54. The van der Waals surface area contributed by atoms with E-state index in [0.29, 0.717) is 23.9 Å². The van der Waals surface area contributed by atoms with Crippen molar-refractivity contribution >= 4 is 17.5 Å². The number of hydrogen-bond acceptors (Lipinski definition) is 3. The maximum absolute atomic E-state index is 11.6. The molecule has 0 heterocycles. The third kappa shape index (κ3) is 4.40. The van der Waals surface area contributed by atoms with Crippen LogP contribution in [0, 0.1) is 5.41 Å². The van der Waals surface area contributed by atoms with Crippen LogP contribution in [0.5, 0.6) is 5.75 Å². The second kappa shape index (κ2) is 6.78. The van der Waals surface area contributed by atoms with Crippen molar-refractivity contribution in [1.82, 2.24) is 10.6 Å². The van der Waals surface area contributed by atoms with E-state index in [4.69, 9.17) is 16.3 Å². The lowest BCUT2D eigenvalue weighted by Crippen LogP contribution is -2.41. The fourth-order valence-electron chi connectivity index (χ4n) is 1.76. The minimum atomic E-state index is -0.439. The zero-order valence-corrected chi connectivity index (χ0v) is 12.6. The highest BCUT2D eigenvalue weighted by atomic mass is 35.5. The molecule has 0 bridgehead atoms. The first-order chi connectivity index (χ1) is 8.90. The van der Waals surface area contributed by atoms with E-state index in [1.165, 1.54) is 0 Å². The molecule has 0 saturated carbocycles. The number of amides is 1. The summed E-state index contributed by atoms with van der Waals surface area (Å²) in [6, 6.07) is 5.65. The largest absolute Gasteiger partial charge is 0.495 e. The lowest BCUT2D eigenvalue weighted by molar-refractivity contribution is -0.128. The van der Waals surface area contributed by atoms with E-state index in [1.807, 2.05) is 32.0 Å². The zero-order chi connectivity index (χ0) is 14.5. The molecule has 5 heteroatoms. The Bertz CT molecular complexity index is 447. The van der Waals surface area contributed by atoms with Gasteiger partial charge in [0.15, 0.2) is 0 Å². The summed E-state index contributed by atoms with van der Waals surface area (Å²) in [5, 5.41) is 6.51. The number of carbonyl (C=O) groups is 1. The van der Waals surface area contributed by atoms with Crippen molar-refractivity contribution < 1.29 is 9.53 Å². The van der Waals surface area contributed by atoms with Gasteiger partial charge in [0.25, 0.3) is 0 Å². The topological polar surface area (TPSA) is 50.4 Å². The van der Waals surface area contributed by atoms with Crippen molar-refractivity contribution in [1.29, 1.82) is 0 Å². The molecule has 2 N–H and O–H groups in total. The van der Waals surface area contributed by atoms with Crippen LogP contribution in [0.3, 0.4) is 0 Å². The minimum absolute atomic E-state index is 0.0211. The highest BCUT2D eigenvalue weighted by molar-refractivity contribution is 6.32. The molecule has 1 aromatic rings. The molecule has 4 nitrogen and oxygen atoms in total. The van der Waals surface area contributed by atoms with Crippen LogP contribution in [-0.2, 0) is 11.3 Å². The van der Waals surface area contributed by atoms with Gasteiger partial charge in [-0.05, 0) is 31.5 Å². The second-order valence-corrected chi connectivity index (χ2v) is 5.44. The van der Waals surface area contributed by atoms with Gasteiger partial charge < -0.3 is 15.4 Å². The standard InChI is InChI=1S/C14H21ClN2O2/c1-14(2,13(18)16-3)9-17-8-10-5-6-12(19-4)11(15)7-10/h5-7,17H,8-9H2,1-4H3,(H,16,18). The summed E-state index contributed by atoms with van der Waals surface area (Å²) in [6.45, 7) is 5.06. The molecule has 0 radical (unpaired) electrons. The third-order valence-electron chi connectivity index (χ3n) is 2.95. The maximum Gasteiger partial charge on any atom is 0.226 e. The van der Waals surface area contributed by atoms with E-state index in [1.54, 1.807) is 14.2 Å². The lowest BCUT2D eigenvalue weighted by Gasteiger charge is -2.23. The number of hydrogen-bond donors (Lipinski definition) is 2. The van der Waals surface area contributed by atoms with Crippen LogP contribution in [0.2, 0.25) is 5.02 Å². The van der Waals surface area contributed by atoms with Crippen LogP contribution in [-0.4, -0.2) is 26.6 Å². The minimum Gasteiger partial charge on any atom is -0.495 e. The summed E-state index contributed by atoms with van der Waals surface area (Å²) in [6.07, 6.45) is 0. The molecular formula is C14H21ClN2O2. The molecule has 19 heavy (non-hydrogen) atoms. The van der Waals surface area contributed by atoms with E-state index < -0.39 is 5.41 Å². The molecule has 106 valence electrons. The molecule has 0 aliphatic carbocycles. The van der Waals surface area contributed by atoms with Gasteiger partial charge in [-0.3, -0.25) is 4.79 Å². The van der Waals surface area contributed by atoms with Gasteiger partial charge in [-0.15, -0.1) is 0 Å². The Kier molecular flexibility index (Phi) is 5.63. The van der Waals surface area contributed by atoms with Crippen LogP contribution < -0.4 is 15.4 Å². The Morgan fingerprint density at radius 1 is 1.42 bits per heavy atom. The van der Waals surface area contributed by atoms with Gasteiger partial charge in [0.05, 0.1) is 17.5 Å². The quantitative estimate of drug-likeness (QED) is 0.842. The van der Waals surface area contributed by atoms with Crippen LogP contribution in [0.15, 0.2) is 18.2 Å². The van der Waals surface area contributed by atoms with Gasteiger partial charge in [0.2, 0.25) is 5.91 Å². The van der Waals surface area contributed by atoms with E-state index in [2.05, 4.69) is 10.6 Å². The Morgan fingerprint density at radius 3 is 2.63 bits per heavy atom. The van der Waals surface area contributed by atoms with Gasteiger partial charge in [-0.1, -0.05) is 17.7 Å². The van der Waals surface area contributed by atoms with E-state index >= 15 is 0 Å². The van der Waals surface area contributed by atoms with E-state index in [9.17, 15) is 4.79 Å². The van der Waals surface area contributed by atoms with Crippen molar-refractivity contribution in [2.24, 2.45) is 5.41 Å². The van der Waals surface area contributed by atoms with Crippen LogP contribution in [0.25, 0.3) is 0 Å². The Hall–Kier alpha value is -1.26. The number of methoxy groups -OCH3 is 1. The number of carbonyl (C=O) groups excluding carboxylic acids is 1. The Morgan fingerprint density at radius 2 is 2.11 bits per heavy atom. The third-order valence-corrected chi connectivity index (χ3v) is 3.25. The summed E-state index contributed by atoms with van der Waals surface area (Å²) in [7, 11) is 3.23. The number of nitrogens with one attached hydrogen (secondary N) is 2. The molecule has 1 rings (SSSR count). The monoisotopic (exact) mass is 284 g/mol. The molecule has 0 atom stereocenters. The number of rotatable bonds is 6. The zero-order valence-electron chi connectivity index (χ0n) is 11.8. The van der Waals surface area contributed by atoms with Crippen molar-refractivity contribution in [2.45, 2.75) is 20.4 Å². The van der Waals surface area contributed by atoms with Gasteiger partial charge in [-0.2, -0.15) is 0 Å². The summed E-state index contributed by atoms with van der Waals surface area (Å²) in [4.78, 5) is 11.6. The van der Waals surface area contributed by atoms with E-state index in [-0.39, 0.29) is 5.91 Å². The highest BCUT2D eigenvalue weighted by Gasteiger charge is 2.25. The smallest absolute Gasteiger partial charge is 0.226 e. The first-order valence-electron chi connectivity index (χ1n) is 6.16. The molecule has 0 spiro atoms. The SMILES string of the molecule is CNC(=O)C(C)(C)CNCc1ccc(OC)c(Cl)c1. The summed E-state index contributed by atoms with van der Waals surface area (Å²) in [5.74, 6) is 0.684. The predicted molar refractivity (Wildman–Crippen MR) is 77.6 cm³/mol. The first-order valence-corrected chi connectivity index (χ1v) is 6.54. The predicted octanol–water partition coefficient (Wildman–Crippen LogP) is 2.21. The van der Waals surface area contributed by atoms with E-state index in [0.717, 1.165) is 5.56 Å².